The summed E-state index contributed by atoms with van der Waals surface area (Å²) in [5.74, 6) is -2.00. The third-order valence-electron chi connectivity index (χ3n) is 6.55. The Hall–Kier alpha value is -2.95. The van der Waals surface area contributed by atoms with E-state index in [2.05, 4.69) is 20.0 Å². The van der Waals surface area contributed by atoms with Crippen LogP contribution in [0.3, 0.4) is 0 Å². The molecule has 8 nitrogen and oxygen atoms in total. The SMILES string of the molecule is O=C(N[C@H]1CCCCC1N1Cc2ccc(-c3noc(C(F)(F)F)n3)cc2C1=O)C1CCCO1. The number of nitrogens with one attached hydrogen (secondary N) is 1. The van der Waals surface area contributed by atoms with Crippen LogP contribution in [0.15, 0.2) is 22.7 Å². The van der Waals surface area contributed by atoms with Crippen molar-refractivity contribution in [3.63, 3.8) is 0 Å². The van der Waals surface area contributed by atoms with Gasteiger partial charge in [-0.05, 0) is 37.3 Å². The number of carbonyl (C=O) groups is 2. The molecule has 0 bridgehead atoms. The van der Waals surface area contributed by atoms with Gasteiger partial charge in [0, 0.05) is 30.3 Å². The minimum Gasteiger partial charge on any atom is -0.368 e. The van der Waals surface area contributed by atoms with E-state index in [1.807, 2.05) is 0 Å². The van der Waals surface area contributed by atoms with Gasteiger partial charge in [-0.25, -0.2) is 0 Å². The van der Waals surface area contributed by atoms with Gasteiger partial charge < -0.3 is 19.5 Å². The highest BCUT2D eigenvalue weighted by Crippen LogP contribution is 2.34. The molecule has 1 saturated heterocycles. The number of benzene rings is 1. The monoisotopic (exact) mass is 464 g/mol. The van der Waals surface area contributed by atoms with E-state index >= 15 is 0 Å². The maximum Gasteiger partial charge on any atom is 0.471 e. The van der Waals surface area contributed by atoms with Gasteiger partial charge in [0.25, 0.3) is 5.91 Å². The molecule has 0 spiro atoms. The summed E-state index contributed by atoms with van der Waals surface area (Å²) >= 11 is 0. The summed E-state index contributed by atoms with van der Waals surface area (Å²) in [6.45, 7) is 0.963. The van der Waals surface area contributed by atoms with E-state index in [0.717, 1.165) is 37.7 Å². The molecule has 33 heavy (non-hydrogen) atoms. The normalized spacial score (nSPS) is 25.4. The third kappa shape index (κ3) is 4.21. The first-order valence-electron chi connectivity index (χ1n) is 11.1. The first-order chi connectivity index (χ1) is 15.8. The van der Waals surface area contributed by atoms with Gasteiger partial charge in [0.1, 0.15) is 6.10 Å². The lowest BCUT2D eigenvalue weighted by molar-refractivity contribution is -0.159. The molecule has 2 unspecified atom stereocenters. The third-order valence-corrected chi connectivity index (χ3v) is 6.55. The van der Waals surface area contributed by atoms with Crippen LogP contribution in [0.25, 0.3) is 11.4 Å². The number of fused-ring (bicyclic) bond motifs is 1. The average Bonchev–Trinajstić information content (AvgIpc) is 3.54. The van der Waals surface area contributed by atoms with Crippen LogP contribution < -0.4 is 5.32 Å². The van der Waals surface area contributed by atoms with Crippen molar-refractivity contribution in [2.45, 2.75) is 69.4 Å². The molecular formula is C22H23F3N4O4. The highest BCUT2D eigenvalue weighted by Gasteiger charge is 2.41. The lowest BCUT2D eigenvalue weighted by atomic mass is 9.89. The van der Waals surface area contributed by atoms with Crippen molar-refractivity contribution < 1.29 is 32.0 Å². The minimum atomic E-state index is -4.74. The van der Waals surface area contributed by atoms with Crippen molar-refractivity contribution in [3.05, 3.63) is 35.2 Å². The Morgan fingerprint density at radius 3 is 2.70 bits per heavy atom. The van der Waals surface area contributed by atoms with Gasteiger partial charge in [0.15, 0.2) is 0 Å². The van der Waals surface area contributed by atoms with Gasteiger partial charge in [-0.2, -0.15) is 18.2 Å². The largest absolute Gasteiger partial charge is 0.471 e. The zero-order valence-corrected chi connectivity index (χ0v) is 17.7. The quantitative estimate of drug-likeness (QED) is 0.746. The fourth-order valence-electron chi connectivity index (χ4n) is 4.90. The van der Waals surface area contributed by atoms with Crippen LogP contribution in [0.4, 0.5) is 13.2 Å². The number of carbonyl (C=O) groups excluding carboxylic acids is 2. The number of hydrogen-bond acceptors (Lipinski definition) is 6. The Morgan fingerprint density at radius 2 is 1.97 bits per heavy atom. The molecule has 5 rings (SSSR count). The Kier molecular flexibility index (Phi) is 5.59. The number of hydrogen-bond donors (Lipinski definition) is 1. The first kappa shape index (κ1) is 21.9. The maximum absolute atomic E-state index is 13.3. The second kappa shape index (κ2) is 8.44. The number of rotatable bonds is 4. The Labute approximate surface area is 187 Å². The van der Waals surface area contributed by atoms with Crippen LogP contribution in [0, 0.1) is 0 Å². The summed E-state index contributed by atoms with van der Waals surface area (Å²) in [6, 6.07) is 4.47. The van der Waals surface area contributed by atoms with Crippen molar-refractivity contribution in [1.29, 1.82) is 0 Å². The van der Waals surface area contributed by atoms with E-state index in [0.29, 0.717) is 25.1 Å². The van der Waals surface area contributed by atoms with Crippen molar-refractivity contribution in [2.24, 2.45) is 0 Å². The fraction of sp³-hybridized carbons (Fsp3) is 0.545. The van der Waals surface area contributed by atoms with Crippen LogP contribution >= 0.6 is 0 Å². The van der Waals surface area contributed by atoms with Crippen LogP contribution in [-0.4, -0.2) is 51.6 Å². The second-order valence-corrected chi connectivity index (χ2v) is 8.69. The molecule has 176 valence electrons. The average molecular weight is 464 g/mol. The van der Waals surface area contributed by atoms with E-state index in [-0.39, 0.29) is 35.3 Å². The highest BCUT2D eigenvalue weighted by molar-refractivity contribution is 5.99. The van der Waals surface area contributed by atoms with E-state index in [1.54, 1.807) is 17.0 Å². The molecule has 1 aromatic heterocycles. The van der Waals surface area contributed by atoms with Crippen molar-refractivity contribution in [2.75, 3.05) is 6.61 Å². The summed E-state index contributed by atoms with van der Waals surface area (Å²) < 4.78 is 48.2. The zero-order valence-electron chi connectivity index (χ0n) is 17.7. The minimum absolute atomic E-state index is 0.131. The van der Waals surface area contributed by atoms with Crippen LogP contribution in [0.1, 0.15) is 60.3 Å². The number of ether oxygens (including phenoxy) is 1. The topological polar surface area (TPSA) is 97.6 Å². The molecule has 1 aliphatic carbocycles. The molecule has 1 saturated carbocycles. The van der Waals surface area contributed by atoms with Crippen LogP contribution in [-0.2, 0) is 22.3 Å². The van der Waals surface area contributed by atoms with E-state index in [4.69, 9.17) is 4.74 Å². The van der Waals surface area contributed by atoms with Gasteiger partial charge in [0.2, 0.25) is 11.7 Å². The van der Waals surface area contributed by atoms with Gasteiger partial charge >= 0.3 is 12.1 Å². The van der Waals surface area contributed by atoms with Gasteiger partial charge in [-0.15, -0.1) is 0 Å². The van der Waals surface area contributed by atoms with Crippen molar-refractivity contribution in [1.82, 2.24) is 20.4 Å². The Balaban J connectivity index is 1.34. The number of nitrogens with zero attached hydrogens (tertiary/aromatic N) is 3. The molecule has 3 heterocycles. The maximum atomic E-state index is 13.3. The molecule has 2 aliphatic heterocycles. The summed E-state index contributed by atoms with van der Waals surface area (Å²) in [7, 11) is 0. The molecule has 0 radical (unpaired) electrons. The number of alkyl halides is 3. The second-order valence-electron chi connectivity index (χ2n) is 8.69. The van der Waals surface area contributed by atoms with E-state index in [1.165, 1.54) is 6.07 Å². The van der Waals surface area contributed by atoms with Crippen molar-refractivity contribution in [3.8, 4) is 11.4 Å². The number of amides is 2. The molecule has 3 aliphatic rings. The molecule has 2 aromatic rings. The first-order valence-corrected chi connectivity index (χ1v) is 11.1. The summed E-state index contributed by atoms with van der Waals surface area (Å²) in [4.78, 5) is 31.0. The summed E-state index contributed by atoms with van der Waals surface area (Å²) in [5, 5.41) is 6.50. The van der Waals surface area contributed by atoms with Gasteiger partial charge in [-0.3, -0.25) is 9.59 Å². The molecule has 11 heteroatoms. The molecular weight excluding hydrogens is 441 g/mol. The number of aromatic nitrogens is 2. The lowest BCUT2D eigenvalue weighted by Gasteiger charge is -2.38. The zero-order chi connectivity index (χ0) is 23.2. The molecule has 1 N–H and O–H groups in total. The predicted octanol–water partition coefficient (Wildman–Crippen LogP) is 3.32. The standard InChI is InChI=1S/C22H23F3N4O4/c23-22(24,25)21-27-18(28-33-21)12-7-8-13-11-29(20(31)14(13)10-12)16-5-2-1-4-15(16)26-19(30)17-6-3-9-32-17/h7-8,10,15-17H,1-6,9,11H2,(H,26,30)/t15-,16?,17?/m0/s1. The summed E-state index contributed by atoms with van der Waals surface area (Å²) in [5.41, 5.74) is 1.45. The molecule has 3 atom stereocenters. The molecule has 1 aromatic carbocycles. The lowest BCUT2D eigenvalue weighted by Crippen LogP contribution is -2.55. The Bertz CT molecular complexity index is 1060. The Morgan fingerprint density at radius 1 is 1.15 bits per heavy atom. The van der Waals surface area contributed by atoms with Gasteiger partial charge in [0.05, 0.1) is 6.04 Å². The predicted molar refractivity (Wildman–Crippen MR) is 108 cm³/mol. The van der Waals surface area contributed by atoms with Gasteiger partial charge in [-0.1, -0.05) is 30.1 Å². The van der Waals surface area contributed by atoms with Crippen molar-refractivity contribution >= 4 is 11.8 Å². The van der Waals surface area contributed by atoms with Crippen LogP contribution in [0.2, 0.25) is 0 Å². The summed E-state index contributed by atoms with van der Waals surface area (Å²) in [6.07, 6.45) is -0.153. The molecule has 2 fully saturated rings. The fourth-order valence-corrected chi connectivity index (χ4v) is 4.90. The van der Waals surface area contributed by atoms with Crippen LogP contribution in [0.5, 0.6) is 0 Å². The molecule has 2 amide bonds. The number of halogens is 3. The smallest absolute Gasteiger partial charge is 0.368 e. The van der Waals surface area contributed by atoms with E-state index in [9.17, 15) is 22.8 Å². The van der Waals surface area contributed by atoms with E-state index < -0.39 is 18.2 Å². The highest BCUT2D eigenvalue weighted by atomic mass is 19.4.